The van der Waals surface area contributed by atoms with Crippen molar-refractivity contribution in [2.24, 2.45) is 21.9 Å². The van der Waals surface area contributed by atoms with Gasteiger partial charge in [-0.3, -0.25) is 0 Å². The fourth-order valence-corrected chi connectivity index (χ4v) is 1.81. The third-order valence-electron chi connectivity index (χ3n) is 2.78. The van der Waals surface area contributed by atoms with E-state index in [1.807, 2.05) is 27.7 Å². The van der Waals surface area contributed by atoms with Gasteiger partial charge in [0.25, 0.3) is 0 Å². The molecule has 0 spiro atoms. The summed E-state index contributed by atoms with van der Waals surface area (Å²) in [6.07, 6.45) is 3.07. The molecule has 0 amide bonds. The quantitative estimate of drug-likeness (QED) is 0.256. The van der Waals surface area contributed by atoms with E-state index in [9.17, 15) is 4.79 Å². The van der Waals surface area contributed by atoms with Crippen LogP contribution in [0, 0.1) is 30.6 Å². The van der Waals surface area contributed by atoms with Crippen LogP contribution in [0.2, 0.25) is 0 Å². The van der Waals surface area contributed by atoms with Gasteiger partial charge in [-0.1, -0.05) is 73.9 Å². The topological polar surface area (TPSA) is 38.7 Å². The molecule has 0 N–H and O–H groups in total. The summed E-state index contributed by atoms with van der Waals surface area (Å²) in [7, 11) is 0. The normalized spacial score (nSPS) is 13.3. The van der Waals surface area contributed by atoms with Crippen LogP contribution < -0.4 is 0 Å². The van der Waals surface area contributed by atoms with Gasteiger partial charge in [-0.25, -0.2) is 0 Å². The van der Waals surface area contributed by atoms with E-state index < -0.39 is 0 Å². The first-order valence-electron chi connectivity index (χ1n) is 8.17. The van der Waals surface area contributed by atoms with Crippen LogP contribution >= 0.6 is 0 Å². The number of carbonyl (C=O) groups is 1. The number of rotatable bonds is 6. The van der Waals surface area contributed by atoms with E-state index in [4.69, 9.17) is 4.84 Å². The molecule has 0 rings (SSSR count). The molecule has 0 fully saturated rings. The first-order valence-corrected chi connectivity index (χ1v) is 8.17. The zero-order valence-electron chi connectivity index (χ0n) is 16.7. The number of carbonyl (C=O) groups excluding carboxylic acids is 1. The molecule has 135 valence electrons. The summed E-state index contributed by atoms with van der Waals surface area (Å²) in [5.74, 6) is 0.197. The van der Waals surface area contributed by atoms with Crippen LogP contribution in [0.3, 0.4) is 0 Å². The minimum absolute atomic E-state index is 0. The first kappa shape index (κ1) is 27.9. The molecule has 3 nitrogen and oxygen atoms in total. The van der Waals surface area contributed by atoms with Crippen LogP contribution in [-0.2, 0) is 42.3 Å². The molecule has 0 saturated heterocycles. The maximum Gasteiger partial charge on any atom is 0.117 e. The second-order valence-corrected chi connectivity index (χ2v) is 8.09. The number of hydrogen-bond acceptors (Lipinski definition) is 3. The number of hydrogen-bond donors (Lipinski definition) is 0. The minimum atomic E-state index is -0.252. The summed E-state index contributed by atoms with van der Waals surface area (Å²) < 4.78 is 0. The molecule has 1 unspecified atom stereocenters. The van der Waals surface area contributed by atoms with E-state index in [1.54, 1.807) is 0 Å². The van der Waals surface area contributed by atoms with Gasteiger partial charge in [-0.15, -0.1) is 11.1 Å². The fraction of sp³-hybridized carbons (Fsp3) is 0.789. The minimum Gasteiger partial charge on any atom is -0.398 e. The van der Waals surface area contributed by atoms with Crippen LogP contribution in [0.1, 0.15) is 74.7 Å². The third kappa shape index (κ3) is 20.1. The van der Waals surface area contributed by atoms with Crippen molar-refractivity contribution < 1.29 is 42.3 Å². The number of nitrogens with zero attached hydrogens (tertiary/aromatic N) is 1. The number of ketones is 1. The van der Waals surface area contributed by atoms with Crippen LogP contribution in [0.15, 0.2) is 5.16 Å². The van der Waals surface area contributed by atoms with E-state index >= 15 is 0 Å². The SMILES string of the molecule is [CH2-]/C(C)=N/OCCCC.[CH2-]C(CC(C)(C)C)C(=O)C(C)(C)C.[Y]. The number of Topliss-reactive ketones (excluding diaryl/α,β-unsaturated/α-hetero) is 1. The van der Waals surface area contributed by atoms with Crippen molar-refractivity contribution in [3.05, 3.63) is 13.8 Å². The van der Waals surface area contributed by atoms with Crippen LogP contribution in [0.25, 0.3) is 0 Å². The third-order valence-corrected chi connectivity index (χ3v) is 2.78. The molecule has 0 aromatic heterocycles. The second kappa shape index (κ2) is 13.4. The van der Waals surface area contributed by atoms with Crippen LogP contribution in [-0.4, -0.2) is 18.1 Å². The van der Waals surface area contributed by atoms with Gasteiger partial charge in [-0.2, -0.15) is 0 Å². The average molecular weight is 400 g/mol. The van der Waals surface area contributed by atoms with Gasteiger partial charge >= 0.3 is 0 Å². The Hall–Kier alpha value is 0.114. The molecule has 0 aromatic carbocycles. The summed E-state index contributed by atoms with van der Waals surface area (Å²) in [5.41, 5.74) is 0.663. The fourth-order valence-electron chi connectivity index (χ4n) is 1.81. The van der Waals surface area contributed by atoms with Crippen molar-refractivity contribution in [2.75, 3.05) is 6.61 Å². The predicted octanol–water partition coefficient (Wildman–Crippen LogP) is 5.50. The van der Waals surface area contributed by atoms with Gasteiger partial charge in [0, 0.05) is 38.1 Å². The van der Waals surface area contributed by atoms with Gasteiger partial charge in [0.1, 0.15) is 12.4 Å². The molecule has 0 aliphatic carbocycles. The van der Waals surface area contributed by atoms with E-state index in [0.29, 0.717) is 6.61 Å². The standard InChI is InChI=1S/C12H23O.C7H14NO.Y/c1-9(8-11(2,3)4)10(13)12(5,6)7;1-4-5-6-9-8-7(2)3;/h9H,1,8H2,2-7H3;2,4-6H2,1,3H3;/q2*-1;/b;8-7-;. The monoisotopic (exact) mass is 400 g/mol. The van der Waals surface area contributed by atoms with Crippen molar-refractivity contribution in [1.82, 2.24) is 0 Å². The van der Waals surface area contributed by atoms with Crippen LogP contribution in [0.4, 0.5) is 0 Å². The smallest absolute Gasteiger partial charge is 0.117 e. The Labute approximate surface area is 170 Å². The molecule has 1 radical (unpaired) electrons. The molecule has 0 bridgehead atoms. The average Bonchev–Trinajstić information content (AvgIpc) is 2.31. The van der Waals surface area contributed by atoms with Gasteiger partial charge in [0.05, 0.1) is 0 Å². The van der Waals surface area contributed by atoms with Crippen molar-refractivity contribution in [2.45, 2.75) is 74.7 Å². The molecule has 0 aliphatic rings. The Morgan fingerprint density at radius 2 is 1.65 bits per heavy atom. The Kier molecular flexibility index (Phi) is 16.3. The molecule has 4 heteroatoms. The molecule has 0 heterocycles. The maximum absolute atomic E-state index is 11.8. The van der Waals surface area contributed by atoms with E-state index in [0.717, 1.165) is 25.0 Å². The number of unbranched alkanes of at least 4 members (excludes halogenated alkanes) is 1. The summed E-state index contributed by atoms with van der Waals surface area (Å²) in [5, 5.41) is 3.67. The largest absolute Gasteiger partial charge is 0.398 e. The predicted molar refractivity (Wildman–Crippen MR) is 96.7 cm³/mol. The zero-order valence-corrected chi connectivity index (χ0v) is 19.5. The molecular weight excluding hydrogens is 363 g/mol. The second-order valence-electron chi connectivity index (χ2n) is 8.09. The van der Waals surface area contributed by atoms with Gasteiger partial charge in [0.2, 0.25) is 0 Å². The molecular formula is C19H37NO2Y-2. The van der Waals surface area contributed by atoms with Gasteiger partial charge in [-0.05, 0) is 11.8 Å². The van der Waals surface area contributed by atoms with E-state index in [2.05, 4.69) is 46.7 Å². The zero-order chi connectivity index (χ0) is 18.0. The van der Waals surface area contributed by atoms with Crippen molar-refractivity contribution >= 4 is 11.5 Å². The Morgan fingerprint density at radius 1 is 1.17 bits per heavy atom. The molecule has 0 saturated carbocycles. The van der Waals surface area contributed by atoms with Crippen molar-refractivity contribution in [3.8, 4) is 0 Å². The van der Waals surface area contributed by atoms with E-state index in [-0.39, 0.29) is 55.2 Å². The van der Waals surface area contributed by atoms with Crippen molar-refractivity contribution in [1.29, 1.82) is 0 Å². The van der Waals surface area contributed by atoms with Crippen molar-refractivity contribution in [3.63, 3.8) is 0 Å². The number of oxime groups is 1. The molecule has 0 aromatic rings. The molecule has 1 atom stereocenters. The summed E-state index contributed by atoms with van der Waals surface area (Å²) >= 11 is 0. The summed E-state index contributed by atoms with van der Waals surface area (Å²) in [6.45, 7) is 24.4. The molecule has 23 heavy (non-hydrogen) atoms. The first-order chi connectivity index (χ1) is 9.81. The van der Waals surface area contributed by atoms with Gasteiger partial charge < -0.3 is 23.5 Å². The van der Waals surface area contributed by atoms with E-state index in [1.165, 1.54) is 0 Å². The molecule has 0 aliphatic heterocycles. The Morgan fingerprint density at radius 3 is 1.96 bits per heavy atom. The summed E-state index contributed by atoms with van der Waals surface area (Å²) in [4.78, 5) is 16.6. The Balaban J connectivity index is -0.000000354. The Bertz CT molecular complexity index is 334. The van der Waals surface area contributed by atoms with Crippen LogP contribution in [0.5, 0.6) is 0 Å². The van der Waals surface area contributed by atoms with Gasteiger partial charge in [0.15, 0.2) is 0 Å². The maximum atomic E-state index is 11.8. The summed E-state index contributed by atoms with van der Waals surface area (Å²) in [6, 6.07) is 0.